The standard InChI is InChI=1S/C14H15FN2OS/c1-9-5-6-19-13(9)8-17(2)14(18)11-7-10(15)3-4-12(11)16/h3-7H,8,16H2,1-2H3. The Morgan fingerprint density at radius 1 is 1.42 bits per heavy atom. The Morgan fingerprint density at radius 3 is 2.79 bits per heavy atom. The van der Waals surface area contributed by atoms with Crippen LogP contribution in [0.15, 0.2) is 29.6 Å². The first-order valence-electron chi connectivity index (χ1n) is 5.82. The summed E-state index contributed by atoms with van der Waals surface area (Å²) in [5.74, 6) is -0.733. The Bertz CT molecular complexity index is 609. The van der Waals surface area contributed by atoms with Crippen molar-refractivity contribution < 1.29 is 9.18 Å². The number of hydrogen-bond acceptors (Lipinski definition) is 3. The van der Waals surface area contributed by atoms with Crippen molar-refractivity contribution in [1.82, 2.24) is 4.90 Å². The van der Waals surface area contributed by atoms with Crippen molar-refractivity contribution in [3.8, 4) is 0 Å². The van der Waals surface area contributed by atoms with Crippen LogP contribution in [0, 0.1) is 12.7 Å². The average Bonchev–Trinajstić information content (AvgIpc) is 2.77. The normalized spacial score (nSPS) is 10.5. The zero-order valence-electron chi connectivity index (χ0n) is 10.8. The van der Waals surface area contributed by atoms with E-state index >= 15 is 0 Å². The summed E-state index contributed by atoms with van der Waals surface area (Å²) in [7, 11) is 1.69. The van der Waals surface area contributed by atoms with E-state index in [9.17, 15) is 9.18 Å². The fourth-order valence-corrected chi connectivity index (χ4v) is 2.73. The van der Waals surface area contributed by atoms with E-state index in [-0.39, 0.29) is 11.5 Å². The van der Waals surface area contributed by atoms with E-state index in [1.54, 1.807) is 23.3 Å². The number of nitrogens with two attached hydrogens (primary N) is 1. The van der Waals surface area contributed by atoms with Crippen molar-refractivity contribution in [3.05, 3.63) is 51.5 Å². The predicted octanol–water partition coefficient (Wildman–Crippen LogP) is 3.05. The van der Waals surface area contributed by atoms with Gasteiger partial charge in [-0.25, -0.2) is 4.39 Å². The van der Waals surface area contributed by atoms with Crippen LogP contribution in [-0.4, -0.2) is 17.9 Å². The van der Waals surface area contributed by atoms with Crippen molar-refractivity contribution in [2.75, 3.05) is 12.8 Å². The second kappa shape index (κ2) is 5.40. The van der Waals surface area contributed by atoms with Gasteiger partial charge in [-0.1, -0.05) is 0 Å². The summed E-state index contributed by atoms with van der Waals surface area (Å²) in [4.78, 5) is 14.9. The summed E-state index contributed by atoms with van der Waals surface area (Å²) in [5, 5.41) is 1.99. The highest BCUT2D eigenvalue weighted by atomic mass is 32.1. The Kier molecular flexibility index (Phi) is 3.85. The van der Waals surface area contributed by atoms with Crippen molar-refractivity contribution in [1.29, 1.82) is 0 Å². The molecule has 0 aliphatic rings. The third-order valence-corrected chi connectivity index (χ3v) is 3.95. The molecule has 2 N–H and O–H groups in total. The minimum absolute atomic E-state index is 0.205. The number of aryl methyl sites for hydroxylation is 1. The highest BCUT2D eigenvalue weighted by Crippen LogP contribution is 2.20. The number of carbonyl (C=O) groups excluding carboxylic acids is 1. The Labute approximate surface area is 115 Å². The third-order valence-electron chi connectivity index (χ3n) is 2.94. The zero-order valence-corrected chi connectivity index (χ0v) is 11.6. The molecule has 0 spiro atoms. The molecule has 0 atom stereocenters. The number of nitrogen functional groups attached to an aromatic ring is 1. The lowest BCUT2D eigenvalue weighted by atomic mass is 10.1. The van der Waals surface area contributed by atoms with E-state index in [1.807, 2.05) is 18.4 Å². The molecule has 1 heterocycles. The molecule has 100 valence electrons. The van der Waals surface area contributed by atoms with Gasteiger partial charge < -0.3 is 10.6 Å². The molecule has 0 saturated heterocycles. The van der Waals surface area contributed by atoms with Gasteiger partial charge in [-0.05, 0) is 42.1 Å². The van der Waals surface area contributed by atoms with Crippen LogP contribution in [-0.2, 0) is 6.54 Å². The van der Waals surface area contributed by atoms with Gasteiger partial charge in [0.25, 0.3) is 5.91 Å². The van der Waals surface area contributed by atoms with E-state index in [4.69, 9.17) is 5.73 Å². The second-order valence-corrected chi connectivity index (χ2v) is 5.42. The fourth-order valence-electron chi connectivity index (χ4n) is 1.77. The van der Waals surface area contributed by atoms with Gasteiger partial charge in [0.1, 0.15) is 5.82 Å². The molecule has 2 aromatic rings. The van der Waals surface area contributed by atoms with Gasteiger partial charge in [0.05, 0.1) is 12.1 Å². The molecule has 19 heavy (non-hydrogen) atoms. The molecular formula is C14H15FN2OS. The highest BCUT2D eigenvalue weighted by molar-refractivity contribution is 7.10. The molecule has 0 saturated carbocycles. The minimum atomic E-state index is -0.460. The number of rotatable bonds is 3. The van der Waals surface area contributed by atoms with Crippen LogP contribution in [0.5, 0.6) is 0 Å². The molecule has 0 aliphatic heterocycles. The molecule has 3 nitrogen and oxygen atoms in total. The van der Waals surface area contributed by atoms with E-state index in [2.05, 4.69) is 0 Å². The maximum Gasteiger partial charge on any atom is 0.256 e. The molecule has 1 aromatic heterocycles. The van der Waals surface area contributed by atoms with Gasteiger partial charge >= 0.3 is 0 Å². The summed E-state index contributed by atoms with van der Waals surface area (Å²) >= 11 is 1.60. The number of halogens is 1. The molecule has 0 radical (unpaired) electrons. The lowest BCUT2D eigenvalue weighted by Gasteiger charge is -2.18. The number of amides is 1. The minimum Gasteiger partial charge on any atom is -0.398 e. The maximum absolute atomic E-state index is 13.2. The summed E-state index contributed by atoms with van der Waals surface area (Å²) in [5.41, 5.74) is 7.37. The summed E-state index contributed by atoms with van der Waals surface area (Å²) in [6.45, 7) is 2.50. The van der Waals surface area contributed by atoms with Gasteiger partial charge in [0, 0.05) is 17.6 Å². The first-order valence-corrected chi connectivity index (χ1v) is 6.70. The number of hydrogen-bond donors (Lipinski definition) is 1. The Balaban J connectivity index is 2.19. The highest BCUT2D eigenvalue weighted by Gasteiger charge is 2.16. The Hall–Kier alpha value is -1.88. The van der Waals surface area contributed by atoms with Gasteiger partial charge in [-0.3, -0.25) is 4.79 Å². The first kappa shape index (κ1) is 13.5. The molecule has 1 amide bonds. The number of benzene rings is 1. The number of carbonyl (C=O) groups is 1. The largest absolute Gasteiger partial charge is 0.398 e. The average molecular weight is 278 g/mol. The van der Waals surface area contributed by atoms with E-state index < -0.39 is 5.82 Å². The van der Waals surface area contributed by atoms with Crippen LogP contribution in [0.4, 0.5) is 10.1 Å². The summed E-state index contributed by atoms with van der Waals surface area (Å²) < 4.78 is 13.2. The first-order chi connectivity index (χ1) is 8.99. The van der Waals surface area contributed by atoms with Crippen molar-refractivity contribution in [2.45, 2.75) is 13.5 Å². The van der Waals surface area contributed by atoms with Crippen LogP contribution in [0.3, 0.4) is 0 Å². The molecule has 0 bridgehead atoms. The van der Waals surface area contributed by atoms with Gasteiger partial charge in [0.15, 0.2) is 0 Å². The maximum atomic E-state index is 13.2. The van der Waals surface area contributed by atoms with E-state index in [0.29, 0.717) is 12.2 Å². The van der Waals surface area contributed by atoms with Crippen molar-refractivity contribution >= 4 is 22.9 Å². The molecular weight excluding hydrogens is 263 g/mol. The zero-order chi connectivity index (χ0) is 14.0. The topological polar surface area (TPSA) is 46.3 Å². The molecule has 1 aromatic carbocycles. The summed E-state index contributed by atoms with van der Waals surface area (Å²) in [6.07, 6.45) is 0. The lowest BCUT2D eigenvalue weighted by Crippen LogP contribution is -2.27. The molecule has 2 rings (SSSR count). The van der Waals surface area contributed by atoms with Crippen LogP contribution < -0.4 is 5.73 Å². The van der Waals surface area contributed by atoms with Crippen molar-refractivity contribution in [2.24, 2.45) is 0 Å². The monoisotopic (exact) mass is 278 g/mol. The van der Waals surface area contributed by atoms with E-state index in [0.717, 1.165) is 10.4 Å². The van der Waals surface area contributed by atoms with Gasteiger partial charge in [0.2, 0.25) is 0 Å². The van der Waals surface area contributed by atoms with Crippen LogP contribution in [0.2, 0.25) is 0 Å². The Morgan fingerprint density at radius 2 is 2.16 bits per heavy atom. The molecule has 0 aliphatic carbocycles. The molecule has 5 heteroatoms. The smallest absolute Gasteiger partial charge is 0.256 e. The molecule has 0 fully saturated rings. The van der Waals surface area contributed by atoms with Crippen LogP contribution in [0.1, 0.15) is 20.8 Å². The van der Waals surface area contributed by atoms with Gasteiger partial charge in [-0.15, -0.1) is 11.3 Å². The lowest BCUT2D eigenvalue weighted by molar-refractivity contribution is 0.0787. The van der Waals surface area contributed by atoms with Crippen LogP contribution >= 0.6 is 11.3 Å². The van der Waals surface area contributed by atoms with Crippen LogP contribution in [0.25, 0.3) is 0 Å². The quantitative estimate of drug-likeness (QED) is 0.877. The van der Waals surface area contributed by atoms with Crippen molar-refractivity contribution in [3.63, 3.8) is 0 Å². The number of nitrogens with zero attached hydrogens (tertiary/aromatic N) is 1. The SMILES string of the molecule is Cc1ccsc1CN(C)C(=O)c1cc(F)ccc1N. The van der Waals surface area contributed by atoms with Gasteiger partial charge in [-0.2, -0.15) is 0 Å². The predicted molar refractivity (Wildman–Crippen MR) is 75.7 cm³/mol. The van der Waals surface area contributed by atoms with E-state index in [1.165, 1.54) is 18.2 Å². The molecule has 0 unspecified atom stereocenters. The second-order valence-electron chi connectivity index (χ2n) is 4.42. The summed E-state index contributed by atoms with van der Waals surface area (Å²) in [6, 6.07) is 5.84. The third kappa shape index (κ3) is 2.93. The number of anilines is 1. The number of thiophene rings is 1. The fraction of sp³-hybridized carbons (Fsp3) is 0.214.